The summed E-state index contributed by atoms with van der Waals surface area (Å²) < 4.78 is 0.743. The van der Waals surface area contributed by atoms with Crippen LogP contribution in [-0.4, -0.2) is 17.2 Å². The predicted octanol–water partition coefficient (Wildman–Crippen LogP) is 8.02. The van der Waals surface area contributed by atoms with Gasteiger partial charge in [-0.25, -0.2) is 4.99 Å². The first-order valence-electron chi connectivity index (χ1n) is 10.9. The number of carbonyl (C=O) groups is 1. The number of aliphatic imine (C=N–C) groups is 1. The average molecular weight is 546 g/mol. The van der Waals surface area contributed by atoms with Crippen LogP contribution >= 0.6 is 38.9 Å². The summed E-state index contributed by atoms with van der Waals surface area (Å²) in [5, 5.41) is 14.3. The van der Waals surface area contributed by atoms with Crippen LogP contribution in [0, 0.1) is 11.3 Å². The van der Waals surface area contributed by atoms with E-state index in [0.29, 0.717) is 22.0 Å². The summed E-state index contributed by atoms with van der Waals surface area (Å²) in [4.78, 5) is 19.3. The van der Waals surface area contributed by atoms with Crippen LogP contribution in [0.25, 0.3) is 0 Å². The van der Waals surface area contributed by atoms with Gasteiger partial charge in [-0.2, -0.15) is 0 Å². The zero-order valence-electron chi connectivity index (χ0n) is 18.8. The summed E-state index contributed by atoms with van der Waals surface area (Å²) in [6, 6.07) is 12.8. The van der Waals surface area contributed by atoms with E-state index < -0.39 is 0 Å². The summed E-state index contributed by atoms with van der Waals surface area (Å²) in [5.41, 5.74) is 3.16. The van der Waals surface area contributed by atoms with Crippen molar-refractivity contribution in [2.45, 2.75) is 40.0 Å². The Bertz CT molecular complexity index is 1220. The molecule has 1 heterocycles. The number of amides is 1. The van der Waals surface area contributed by atoms with Crippen LogP contribution in [0.5, 0.6) is 5.75 Å². The Balaban J connectivity index is 1.74. The number of anilines is 1. The molecule has 0 radical (unpaired) electrons. The maximum atomic E-state index is 13.4. The Kier molecular flexibility index (Phi) is 6.99. The van der Waals surface area contributed by atoms with Crippen molar-refractivity contribution in [2.24, 2.45) is 16.3 Å². The number of carbonyl (C=O) groups excluding carboxylic acids is 1. The molecule has 4 rings (SSSR count). The van der Waals surface area contributed by atoms with Gasteiger partial charge in [-0.15, -0.1) is 11.3 Å². The van der Waals surface area contributed by atoms with Crippen LogP contribution in [0.15, 0.2) is 51.9 Å². The first-order valence-corrected chi connectivity index (χ1v) is 12.8. The van der Waals surface area contributed by atoms with Crippen LogP contribution in [0.4, 0.5) is 10.7 Å². The highest BCUT2D eigenvalue weighted by Gasteiger charge is 2.33. The van der Waals surface area contributed by atoms with Gasteiger partial charge < -0.3 is 10.4 Å². The lowest BCUT2D eigenvalue weighted by molar-refractivity contribution is 0.102. The van der Waals surface area contributed by atoms with E-state index in [4.69, 9.17) is 11.6 Å². The monoisotopic (exact) mass is 544 g/mol. The van der Waals surface area contributed by atoms with Crippen molar-refractivity contribution < 1.29 is 9.90 Å². The lowest BCUT2D eigenvalue weighted by Crippen LogP contribution is -2.27. The fourth-order valence-corrected chi connectivity index (χ4v) is 6.27. The van der Waals surface area contributed by atoms with Crippen LogP contribution in [0.2, 0.25) is 5.02 Å². The van der Waals surface area contributed by atoms with E-state index in [9.17, 15) is 9.90 Å². The van der Waals surface area contributed by atoms with Gasteiger partial charge in [-0.05, 0) is 60.4 Å². The van der Waals surface area contributed by atoms with Gasteiger partial charge in [-0.3, -0.25) is 4.79 Å². The quantitative estimate of drug-likeness (QED) is 0.326. The van der Waals surface area contributed by atoms with Crippen LogP contribution in [-0.2, 0) is 12.8 Å². The number of hydrogen-bond acceptors (Lipinski definition) is 4. The molecule has 1 amide bonds. The van der Waals surface area contributed by atoms with Crippen molar-refractivity contribution in [3.63, 3.8) is 0 Å². The number of fused-ring (bicyclic) bond motifs is 1. The number of phenols is 1. The smallest absolute Gasteiger partial charge is 0.259 e. The number of halogens is 2. The molecule has 33 heavy (non-hydrogen) atoms. The zero-order valence-corrected chi connectivity index (χ0v) is 21.9. The number of thiophene rings is 1. The summed E-state index contributed by atoms with van der Waals surface area (Å²) in [6.45, 7) is 6.83. The number of para-hydroxylation sites is 1. The molecule has 0 saturated carbocycles. The van der Waals surface area contributed by atoms with Crippen molar-refractivity contribution in [3.8, 4) is 5.75 Å². The molecule has 2 N–H and O–H groups in total. The van der Waals surface area contributed by atoms with Crippen molar-refractivity contribution in [1.82, 2.24) is 0 Å². The van der Waals surface area contributed by atoms with Crippen LogP contribution < -0.4 is 5.32 Å². The summed E-state index contributed by atoms with van der Waals surface area (Å²) in [5.74, 6) is 0.364. The van der Waals surface area contributed by atoms with Gasteiger partial charge in [0.1, 0.15) is 10.8 Å². The fourth-order valence-electron chi connectivity index (χ4n) is 4.16. The van der Waals surface area contributed by atoms with Crippen LogP contribution in [0.1, 0.15) is 53.6 Å². The molecule has 1 aliphatic carbocycles. The van der Waals surface area contributed by atoms with Gasteiger partial charge in [0.15, 0.2) is 0 Å². The molecular formula is C26H26BrClN2O2S. The Morgan fingerprint density at radius 2 is 2.00 bits per heavy atom. The topological polar surface area (TPSA) is 61.7 Å². The van der Waals surface area contributed by atoms with Gasteiger partial charge in [-0.1, -0.05) is 66.5 Å². The predicted molar refractivity (Wildman–Crippen MR) is 142 cm³/mol. The minimum atomic E-state index is -0.156. The molecular weight excluding hydrogens is 520 g/mol. The molecule has 7 heteroatoms. The van der Waals surface area contributed by atoms with Crippen molar-refractivity contribution in [2.75, 3.05) is 5.32 Å². The molecule has 3 aromatic rings. The van der Waals surface area contributed by atoms with E-state index in [1.165, 1.54) is 4.88 Å². The number of benzene rings is 2. The van der Waals surface area contributed by atoms with Gasteiger partial charge in [0.2, 0.25) is 0 Å². The van der Waals surface area contributed by atoms with E-state index in [2.05, 4.69) is 47.0 Å². The molecule has 172 valence electrons. The van der Waals surface area contributed by atoms with E-state index >= 15 is 0 Å². The third kappa shape index (κ3) is 5.34. The molecule has 0 fully saturated rings. The third-order valence-electron chi connectivity index (χ3n) is 6.11. The van der Waals surface area contributed by atoms with E-state index in [-0.39, 0.29) is 22.1 Å². The Labute approximate surface area is 211 Å². The Morgan fingerprint density at radius 1 is 1.27 bits per heavy atom. The standard InChI is InChI=1S/C26H26BrClN2O2S/c1-26(2,3)16-9-10-19-21(12-16)33-25(22(19)24(32)30-18-7-5-4-6-8-18)29-14-15-11-17(27)13-20(28)23(15)31/h4-8,11,13-14,16,31H,9-10,12H2,1-3H3,(H,30,32)/t16-/m0/s1. The molecule has 4 nitrogen and oxygen atoms in total. The highest BCUT2D eigenvalue weighted by Crippen LogP contribution is 2.45. The lowest BCUT2D eigenvalue weighted by Gasteiger charge is -2.33. The highest BCUT2D eigenvalue weighted by molar-refractivity contribution is 9.10. The highest BCUT2D eigenvalue weighted by atomic mass is 79.9. The number of phenolic OH excluding ortho intramolecular Hbond substituents is 1. The van der Waals surface area contributed by atoms with Gasteiger partial charge in [0.25, 0.3) is 5.91 Å². The third-order valence-corrected chi connectivity index (χ3v) is 8.02. The molecule has 0 bridgehead atoms. The van der Waals surface area contributed by atoms with E-state index in [1.807, 2.05) is 30.3 Å². The molecule has 0 spiro atoms. The molecule has 1 aliphatic rings. The number of nitrogens with zero attached hydrogens (tertiary/aromatic N) is 1. The second-order valence-electron chi connectivity index (χ2n) is 9.39. The lowest BCUT2D eigenvalue weighted by atomic mass is 9.72. The first-order chi connectivity index (χ1) is 15.6. The molecule has 2 aromatic carbocycles. The minimum Gasteiger partial charge on any atom is -0.506 e. The molecule has 0 aliphatic heterocycles. The fraction of sp³-hybridized carbons (Fsp3) is 0.308. The van der Waals surface area contributed by atoms with Crippen molar-refractivity contribution in [3.05, 3.63) is 73.5 Å². The number of hydrogen-bond donors (Lipinski definition) is 2. The van der Waals surface area contributed by atoms with Gasteiger partial charge in [0.05, 0.1) is 10.6 Å². The van der Waals surface area contributed by atoms with Gasteiger partial charge >= 0.3 is 0 Å². The van der Waals surface area contributed by atoms with Crippen LogP contribution in [0.3, 0.4) is 0 Å². The number of nitrogens with one attached hydrogen (secondary N) is 1. The maximum Gasteiger partial charge on any atom is 0.259 e. The second-order valence-corrected chi connectivity index (χ2v) is 11.8. The summed E-state index contributed by atoms with van der Waals surface area (Å²) in [7, 11) is 0. The summed E-state index contributed by atoms with van der Waals surface area (Å²) >= 11 is 11.1. The Morgan fingerprint density at radius 3 is 2.70 bits per heavy atom. The molecule has 1 aromatic heterocycles. The minimum absolute atomic E-state index is 0.0342. The molecule has 1 atom stereocenters. The van der Waals surface area contributed by atoms with E-state index in [0.717, 1.165) is 35.0 Å². The number of rotatable bonds is 4. The normalized spacial score (nSPS) is 16.1. The number of aromatic hydroxyl groups is 1. The average Bonchev–Trinajstić information content (AvgIpc) is 3.13. The van der Waals surface area contributed by atoms with Crippen molar-refractivity contribution in [1.29, 1.82) is 0 Å². The molecule has 0 saturated heterocycles. The summed E-state index contributed by atoms with van der Waals surface area (Å²) in [6.07, 6.45) is 4.42. The first kappa shape index (κ1) is 24.0. The SMILES string of the molecule is CC(C)(C)[C@H]1CCc2c(sc(N=Cc3cc(Br)cc(Cl)c3O)c2C(=O)Nc2ccccc2)C1. The maximum absolute atomic E-state index is 13.4. The largest absolute Gasteiger partial charge is 0.506 e. The molecule has 0 unspecified atom stereocenters. The Hall–Kier alpha value is -2.15. The zero-order chi connectivity index (χ0) is 23.8. The second kappa shape index (κ2) is 9.61. The van der Waals surface area contributed by atoms with E-state index in [1.54, 1.807) is 29.7 Å². The van der Waals surface area contributed by atoms with Crippen molar-refractivity contribution >= 4 is 61.7 Å². The van der Waals surface area contributed by atoms with Gasteiger partial charge in [0, 0.05) is 26.8 Å².